The first kappa shape index (κ1) is 14.9. The van der Waals surface area contributed by atoms with Gasteiger partial charge in [-0.1, -0.05) is 0 Å². The van der Waals surface area contributed by atoms with E-state index in [2.05, 4.69) is 9.97 Å². The van der Waals surface area contributed by atoms with Crippen molar-refractivity contribution in [1.29, 1.82) is 0 Å². The first-order valence-corrected chi connectivity index (χ1v) is 6.21. The average molecular weight is 291 g/mol. The maximum atomic E-state index is 5.72. The lowest BCUT2D eigenvalue weighted by Crippen LogP contribution is -2.04. The molecule has 0 amide bonds. The molecule has 0 spiro atoms. The van der Waals surface area contributed by atoms with E-state index in [1.165, 1.54) is 27.5 Å². The second-order valence-electron chi connectivity index (χ2n) is 3.98. The Morgan fingerprint density at radius 3 is 2.10 bits per heavy atom. The van der Waals surface area contributed by atoms with E-state index in [9.17, 15) is 0 Å². The molecule has 0 fully saturated rings. The predicted molar refractivity (Wildman–Crippen MR) is 76.1 cm³/mol. The first-order valence-electron chi connectivity index (χ1n) is 6.21. The molecule has 1 heterocycles. The van der Waals surface area contributed by atoms with Gasteiger partial charge in [-0.25, -0.2) is 4.98 Å². The number of nitrogens with zero attached hydrogens (tertiary/aromatic N) is 2. The van der Waals surface area contributed by atoms with Crippen LogP contribution in [0.4, 0.5) is 0 Å². The maximum absolute atomic E-state index is 5.72. The molecule has 0 bridgehead atoms. The molecule has 0 atom stereocenters. The van der Waals surface area contributed by atoms with Gasteiger partial charge in [0.1, 0.15) is 11.4 Å². The molecule has 1 aromatic carbocycles. The van der Waals surface area contributed by atoms with Crippen molar-refractivity contribution >= 4 is 0 Å². The zero-order chi connectivity index (χ0) is 15.2. The lowest BCUT2D eigenvalue weighted by molar-refractivity contribution is 0.320. The summed E-state index contributed by atoms with van der Waals surface area (Å²) in [4.78, 5) is 8.23. The fourth-order valence-corrected chi connectivity index (χ4v) is 1.81. The molecule has 0 unspecified atom stereocenters. The molecule has 7 heteroatoms. The summed E-state index contributed by atoms with van der Waals surface area (Å²) in [5.41, 5.74) is 6.17. The van der Waals surface area contributed by atoms with Crippen LogP contribution in [-0.2, 0) is 6.54 Å². The van der Waals surface area contributed by atoms with Gasteiger partial charge in [0.25, 0.3) is 0 Å². The van der Waals surface area contributed by atoms with Crippen molar-refractivity contribution in [2.75, 3.05) is 21.3 Å². The Bertz CT molecular complexity index is 594. The number of rotatable bonds is 6. The smallest absolute Gasteiger partial charge is 0.242 e. The van der Waals surface area contributed by atoms with Crippen LogP contribution in [0, 0.1) is 0 Å². The standard InChI is InChI=1S/C14H17N3O4/c1-18-11-6-9(7-12(19-2)13(11)20-3)21-14-10(8-15)16-4-5-17-14/h4-7H,8,15H2,1-3H3. The number of nitrogens with two attached hydrogens (primary N) is 1. The molecule has 1 aromatic heterocycles. The predicted octanol–water partition coefficient (Wildman–Crippen LogP) is 1.75. The van der Waals surface area contributed by atoms with Gasteiger partial charge in [0.2, 0.25) is 11.6 Å². The normalized spacial score (nSPS) is 10.1. The molecule has 2 rings (SSSR count). The number of ether oxygens (including phenoxy) is 4. The van der Waals surface area contributed by atoms with Crippen LogP contribution in [0.2, 0.25) is 0 Å². The van der Waals surface area contributed by atoms with Gasteiger partial charge >= 0.3 is 0 Å². The minimum atomic E-state index is 0.230. The third kappa shape index (κ3) is 3.14. The Kier molecular flexibility index (Phi) is 4.78. The summed E-state index contributed by atoms with van der Waals surface area (Å²) in [6, 6.07) is 3.35. The summed E-state index contributed by atoms with van der Waals surface area (Å²) >= 11 is 0. The van der Waals surface area contributed by atoms with Crippen LogP contribution in [0.15, 0.2) is 24.5 Å². The molecule has 112 valence electrons. The quantitative estimate of drug-likeness (QED) is 0.867. The third-order valence-electron chi connectivity index (χ3n) is 2.78. The van der Waals surface area contributed by atoms with E-state index in [1.54, 1.807) is 18.3 Å². The number of methoxy groups -OCH3 is 3. The highest BCUT2D eigenvalue weighted by Crippen LogP contribution is 2.41. The Morgan fingerprint density at radius 1 is 0.952 bits per heavy atom. The van der Waals surface area contributed by atoms with Gasteiger partial charge in [-0.3, -0.25) is 4.98 Å². The molecular formula is C14H17N3O4. The minimum absolute atomic E-state index is 0.230. The molecule has 0 radical (unpaired) electrons. The number of hydrogen-bond donors (Lipinski definition) is 1. The van der Waals surface area contributed by atoms with Gasteiger partial charge in [0.05, 0.1) is 21.3 Å². The van der Waals surface area contributed by atoms with Crippen LogP contribution in [-0.4, -0.2) is 31.3 Å². The Hall–Kier alpha value is -2.54. The zero-order valence-electron chi connectivity index (χ0n) is 12.1. The fourth-order valence-electron chi connectivity index (χ4n) is 1.81. The van der Waals surface area contributed by atoms with E-state index in [4.69, 9.17) is 24.7 Å². The second kappa shape index (κ2) is 6.76. The molecule has 2 N–H and O–H groups in total. The van der Waals surface area contributed by atoms with Gasteiger partial charge < -0.3 is 24.7 Å². The van der Waals surface area contributed by atoms with Crippen LogP contribution in [0.25, 0.3) is 0 Å². The van der Waals surface area contributed by atoms with Crippen LogP contribution < -0.4 is 24.7 Å². The van der Waals surface area contributed by atoms with E-state index >= 15 is 0 Å². The summed E-state index contributed by atoms with van der Waals surface area (Å²) in [6.45, 7) is 0.230. The summed E-state index contributed by atoms with van der Waals surface area (Å²) in [5, 5.41) is 0. The molecule has 2 aromatic rings. The topological polar surface area (TPSA) is 88.7 Å². The molecule has 21 heavy (non-hydrogen) atoms. The number of benzene rings is 1. The largest absolute Gasteiger partial charge is 0.493 e. The molecule has 0 aliphatic heterocycles. The molecule has 0 aliphatic carbocycles. The van der Waals surface area contributed by atoms with Crippen LogP contribution in [0.3, 0.4) is 0 Å². The van der Waals surface area contributed by atoms with Crippen molar-refractivity contribution in [3.63, 3.8) is 0 Å². The lowest BCUT2D eigenvalue weighted by Gasteiger charge is -2.14. The molecule has 0 aliphatic rings. The first-order chi connectivity index (χ1) is 10.2. The van der Waals surface area contributed by atoms with E-state index in [0.717, 1.165) is 0 Å². The second-order valence-corrected chi connectivity index (χ2v) is 3.98. The van der Waals surface area contributed by atoms with Crippen molar-refractivity contribution in [2.45, 2.75) is 6.54 Å². The monoisotopic (exact) mass is 291 g/mol. The molecule has 0 saturated carbocycles. The highest BCUT2D eigenvalue weighted by atomic mass is 16.5. The Labute approximate surface area is 122 Å². The van der Waals surface area contributed by atoms with Gasteiger partial charge in [0.15, 0.2) is 11.5 Å². The zero-order valence-corrected chi connectivity index (χ0v) is 12.1. The van der Waals surface area contributed by atoms with Gasteiger partial charge in [-0.15, -0.1) is 0 Å². The van der Waals surface area contributed by atoms with Crippen molar-refractivity contribution in [3.05, 3.63) is 30.2 Å². The highest BCUT2D eigenvalue weighted by molar-refractivity contribution is 5.56. The summed E-state index contributed by atoms with van der Waals surface area (Å²) in [5.74, 6) is 2.30. The van der Waals surface area contributed by atoms with E-state index in [0.29, 0.717) is 34.6 Å². The number of aromatic nitrogens is 2. The van der Waals surface area contributed by atoms with Gasteiger partial charge in [0, 0.05) is 31.1 Å². The Balaban J connectivity index is 2.40. The SMILES string of the molecule is COc1cc(Oc2nccnc2CN)cc(OC)c1OC. The van der Waals surface area contributed by atoms with Gasteiger partial charge in [-0.2, -0.15) is 0 Å². The summed E-state index contributed by atoms with van der Waals surface area (Å²) in [6.07, 6.45) is 3.09. The van der Waals surface area contributed by atoms with Crippen LogP contribution in [0.5, 0.6) is 28.9 Å². The highest BCUT2D eigenvalue weighted by Gasteiger charge is 2.15. The Morgan fingerprint density at radius 2 is 1.57 bits per heavy atom. The summed E-state index contributed by atoms with van der Waals surface area (Å²) < 4.78 is 21.5. The maximum Gasteiger partial charge on any atom is 0.242 e. The van der Waals surface area contributed by atoms with Gasteiger partial charge in [-0.05, 0) is 0 Å². The van der Waals surface area contributed by atoms with Crippen LogP contribution >= 0.6 is 0 Å². The van der Waals surface area contributed by atoms with Crippen molar-refractivity contribution < 1.29 is 18.9 Å². The van der Waals surface area contributed by atoms with Crippen LogP contribution in [0.1, 0.15) is 5.69 Å². The molecule has 0 saturated heterocycles. The van der Waals surface area contributed by atoms with Crippen molar-refractivity contribution in [1.82, 2.24) is 9.97 Å². The molecular weight excluding hydrogens is 274 g/mol. The fraction of sp³-hybridized carbons (Fsp3) is 0.286. The van der Waals surface area contributed by atoms with E-state index in [-0.39, 0.29) is 6.54 Å². The van der Waals surface area contributed by atoms with Crippen molar-refractivity contribution in [2.24, 2.45) is 5.73 Å². The third-order valence-corrected chi connectivity index (χ3v) is 2.78. The van der Waals surface area contributed by atoms with Crippen molar-refractivity contribution in [3.8, 4) is 28.9 Å². The summed E-state index contributed by atoms with van der Waals surface area (Å²) in [7, 11) is 4.61. The van der Waals surface area contributed by atoms with E-state index < -0.39 is 0 Å². The van der Waals surface area contributed by atoms with E-state index in [1.807, 2.05) is 0 Å². The minimum Gasteiger partial charge on any atom is -0.493 e. The lowest BCUT2D eigenvalue weighted by atomic mass is 10.2. The average Bonchev–Trinajstić information content (AvgIpc) is 2.54. The number of hydrogen-bond acceptors (Lipinski definition) is 7. The molecule has 7 nitrogen and oxygen atoms in total.